The predicted molar refractivity (Wildman–Crippen MR) is 87.4 cm³/mol. The number of imidazole rings is 1. The maximum Gasteiger partial charge on any atom is 0.0958 e. The van der Waals surface area contributed by atoms with Crippen LogP contribution in [0, 0.1) is 13.8 Å². The summed E-state index contributed by atoms with van der Waals surface area (Å²) in [6.07, 6.45) is 1.93. The van der Waals surface area contributed by atoms with Crippen molar-refractivity contribution in [2.24, 2.45) is 0 Å². The Kier molecular flexibility index (Phi) is 3.76. The van der Waals surface area contributed by atoms with Gasteiger partial charge in [-0.05, 0) is 38.6 Å². The van der Waals surface area contributed by atoms with Gasteiger partial charge in [0.2, 0.25) is 0 Å². The van der Waals surface area contributed by atoms with Crippen molar-refractivity contribution in [2.45, 2.75) is 26.4 Å². The van der Waals surface area contributed by atoms with Crippen molar-refractivity contribution in [3.8, 4) is 0 Å². The van der Waals surface area contributed by atoms with Crippen LogP contribution >= 0.6 is 0 Å². The Bertz CT molecular complexity index is 738. The molecule has 1 aromatic heterocycles. The number of fused-ring (bicyclic) bond motifs is 1. The van der Waals surface area contributed by atoms with Crippen molar-refractivity contribution in [1.82, 2.24) is 14.9 Å². The van der Waals surface area contributed by atoms with Gasteiger partial charge in [0, 0.05) is 6.54 Å². The molecule has 1 heterocycles. The second kappa shape index (κ2) is 5.70. The van der Waals surface area contributed by atoms with E-state index in [0.717, 1.165) is 12.1 Å². The summed E-state index contributed by atoms with van der Waals surface area (Å²) in [5.74, 6) is 0. The molecule has 3 aromatic rings. The molecule has 3 nitrogen and oxygen atoms in total. The maximum atomic E-state index is 4.47. The standard InChI is InChI=1S/C18H21N3/c1-13-8-14(2)10-15(9-13)17(19-3)11-21-12-20-16-6-4-5-7-18(16)21/h4-10,12,17,19H,11H2,1-3H3. The Morgan fingerprint density at radius 2 is 1.81 bits per heavy atom. The number of aromatic nitrogens is 2. The molecule has 3 heteroatoms. The summed E-state index contributed by atoms with van der Waals surface area (Å²) in [4.78, 5) is 4.47. The van der Waals surface area contributed by atoms with Crippen LogP contribution in [0.2, 0.25) is 0 Å². The van der Waals surface area contributed by atoms with Crippen molar-refractivity contribution >= 4 is 11.0 Å². The van der Waals surface area contributed by atoms with Gasteiger partial charge < -0.3 is 9.88 Å². The first-order valence-electron chi connectivity index (χ1n) is 7.32. The smallest absolute Gasteiger partial charge is 0.0958 e. The average molecular weight is 279 g/mol. The fourth-order valence-corrected chi connectivity index (χ4v) is 2.93. The molecule has 0 amide bonds. The van der Waals surface area contributed by atoms with Crippen LogP contribution in [0.1, 0.15) is 22.7 Å². The zero-order chi connectivity index (χ0) is 14.8. The molecule has 0 radical (unpaired) electrons. The number of hydrogen-bond donors (Lipinski definition) is 1. The van der Waals surface area contributed by atoms with Gasteiger partial charge in [-0.25, -0.2) is 4.98 Å². The van der Waals surface area contributed by atoms with E-state index in [0.29, 0.717) is 0 Å². The molecular weight excluding hydrogens is 258 g/mol. The number of rotatable bonds is 4. The molecule has 0 aliphatic heterocycles. The quantitative estimate of drug-likeness (QED) is 0.790. The third-order valence-electron chi connectivity index (χ3n) is 3.90. The number of likely N-dealkylation sites (N-methyl/N-ethyl adjacent to an activating group) is 1. The molecule has 0 bridgehead atoms. The van der Waals surface area contributed by atoms with Crippen LogP contribution in [-0.4, -0.2) is 16.6 Å². The van der Waals surface area contributed by atoms with E-state index in [4.69, 9.17) is 0 Å². The number of para-hydroxylation sites is 2. The number of aryl methyl sites for hydroxylation is 2. The summed E-state index contributed by atoms with van der Waals surface area (Å²) in [6.45, 7) is 5.17. The van der Waals surface area contributed by atoms with Crippen molar-refractivity contribution < 1.29 is 0 Å². The first-order valence-corrected chi connectivity index (χ1v) is 7.32. The summed E-state index contributed by atoms with van der Waals surface area (Å²) in [7, 11) is 2.02. The summed E-state index contributed by atoms with van der Waals surface area (Å²) < 4.78 is 2.22. The van der Waals surface area contributed by atoms with E-state index in [1.54, 1.807) is 0 Å². The molecule has 0 saturated heterocycles. The lowest BCUT2D eigenvalue weighted by Gasteiger charge is -2.19. The lowest BCUT2D eigenvalue weighted by Crippen LogP contribution is -2.22. The van der Waals surface area contributed by atoms with Gasteiger partial charge in [0.05, 0.1) is 23.4 Å². The minimum Gasteiger partial charge on any atom is -0.329 e. The fourth-order valence-electron chi connectivity index (χ4n) is 2.93. The van der Waals surface area contributed by atoms with Crippen molar-refractivity contribution in [2.75, 3.05) is 7.05 Å². The first kappa shape index (κ1) is 13.8. The zero-order valence-electron chi connectivity index (χ0n) is 12.8. The maximum absolute atomic E-state index is 4.47. The molecule has 108 valence electrons. The van der Waals surface area contributed by atoms with Gasteiger partial charge in [0.1, 0.15) is 0 Å². The summed E-state index contributed by atoms with van der Waals surface area (Å²) in [6, 6.07) is 15.3. The fraction of sp³-hybridized carbons (Fsp3) is 0.278. The van der Waals surface area contributed by atoms with Gasteiger partial charge in [-0.2, -0.15) is 0 Å². The SMILES string of the molecule is CNC(Cn1cnc2ccccc21)c1cc(C)cc(C)c1. The van der Waals surface area contributed by atoms with Crippen molar-refractivity contribution in [1.29, 1.82) is 0 Å². The normalized spacial score (nSPS) is 12.7. The van der Waals surface area contributed by atoms with E-state index < -0.39 is 0 Å². The minimum absolute atomic E-state index is 0.279. The monoisotopic (exact) mass is 279 g/mol. The lowest BCUT2D eigenvalue weighted by molar-refractivity contribution is 0.507. The van der Waals surface area contributed by atoms with Gasteiger partial charge in [-0.15, -0.1) is 0 Å². The molecule has 1 atom stereocenters. The van der Waals surface area contributed by atoms with E-state index in [1.807, 2.05) is 19.4 Å². The highest BCUT2D eigenvalue weighted by Crippen LogP contribution is 2.21. The van der Waals surface area contributed by atoms with Crippen LogP contribution < -0.4 is 5.32 Å². The largest absolute Gasteiger partial charge is 0.329 e. The second-order valence-corrected chi connectivity index (χ2v) is 5.65. The summed E-state index contributed by atoms with van der Waals surface area (Å²) in [5, 5.41) is 3.43. The molecule has 1 N–H and O–H groups in total. The molecule has 0 fully saturated rings. The van der Waals surface area contributed by atoms with Crippen LogP contribution in [0.5, 0.6) is 0 Å². The van der Waals surface area contributed by atoms with E-state index in [9.17, 15) is 0 Å². The highest BCUT2D eigenvalue weighted by atomic mass is 15.1. The lowest BCUT2D eigenvalue weighted by atomic mass is 10.0. The molecule has 3 rings (SSSR count). The predicted octanol–water partition coefficient (Wildman–Crippen LogP) is 3.61. The topological polar surface area (TPSA) is 29.9 Å². The summed E-state index contributed by atoms with van der Waals surface area (Å²) in [5.41, 5.74) is 6.17. The van der Waals surface area contributed by atoms with E-state index in [1.165, 1.54) is 22.2 Å². The first-order chi connectivity index (χ1) is 10.2. The Labute approximate surface area is 125 Å². The van der Waals surface area contributed by atoms with Gasteiger partial charge in [0.25, 0.3) is 0 Å². The molecular formula is C18H21N3. The Balaban J connectivity index is 1.94. The Morgan fingerprint density at radius 3 is 2.52 bits per heavy atom. The molecule has 0 aliphatic carbocycles. The third kappa shape index (κ3) is 2.83. The van der Waals surface area contributed by atoms with Crippen LogP contribution in [0.4, 0.5) is 0 Å². The molecule has 21 heavy (non-hydrogen) atoms. The van der Waals surface area contributed by atoms with Crippen LogP contribution in [0.3, 0.4) is 0 Å². The van der Waals surface area contributed by atoms with E-state index in [-0.39, 0.29) is 6.04 Å². The number of benzene rings is 2. The van der Waals surface area contributed by atoms with Crippen LogP contribution in [0.15, 0.2) is 48.8 Å². The van der Waals surface area contributed by atoms with E-state index in [2.05, 4.69) is 65.1 Å². The highest BCUT2D eigenvalue weighted by Gasteiger charge is 2.12. The molecule has 0 aliphatic rings. The van der Waals surface area contributed by atoms with Crippen LogP contribution in [-0.2, 0) is 6.54 Å². The Hall–Kier alpha value is -2.13. The molecule has 1 unspecified atom stereocenters. The third-order valence-corrected chi connectivity index (χ3v) is 3.90. The highest BCUT2D eigenvalue weighted by molar-refractivity contribution is 5.74. The number of nitrogens with one attached hydrogen (secondary N) is 1. The zero-order valence-corrected chi connectivity index (χ0v) is 12.8. The van der Waals surface area contributed by atoms with Gasteiger partial charge >= 0.3 is 0 Å². The van der Waals surface area contributed by atoms with Crippen molar-refractivity contribution in [3.05, 3.63) is 65.5 Å². The average Bonchev–Trinajstić information content (AvgIpc) is 2.87. The minimum atomic E-state index is 0.279. The molecule has 0 saturated carbocycles. The second-order valence-electron chi connectivity index (χ2n) is 5.65. The Morgan fingerprint density at radius 1 is 1.10 bits per heavy atom. The molecule has 2 aromatic carbocycles. The van der Waals surface area contributed by atoms with Gasteiger partial charge in [-0.3, -0.25) is 0 Å². The van der Waals surface area contributed by atoms with Gasteiger partial charge in [-0.1, -0.05) is 41.5 Å². The van der Waals surface area contributed by atoms with E-state index >= 15 is 0 Å². The molecule has 0 spiro atoms. The number of nitrogens with zero attached hydrogens (tertiary/aromatic N) is 2. The number of hydrogen-bond acceptors (Lipinski definition) is 2. The van der Waals surface area contributed by atoms with Crippen molar-refractivity contribution in [3.63, 3.8) is 0 Å². The van der Waals surface area contributed by atoms with Crippen LogP contribution in [0.25, 0.3) is 11.0 Å². The summed E-state index contributed by atoms with van der Waals surface area (Å²) >= 11 is 0. The van der Waals surface area contributed by atoms with Gasteiger partial charge in [0.15, 0.2) is 0 Å².